The highest BCUT2D eigenvalue weighted by Crippen LogP contribution is 2.23. The number of H-pyrrole nitrogens is 1. The molecule has 0 amide bonds. The number of aromatic amines is 1. The third-order valence-corrected chi connectivity index (χ3v) is 4.03. The molecule has 0 saturated heterocycles. The summed E-state index contributed by atoms with van der Waals surface area (Å²) in [4.78, 5) is 23.8. The van der Waals surface area contributed by atoms with E-state index in [1.807, 2.05) is 54.2 Å². The number of imidazole rings is 2. The van der Waals surface area contributed by atoms with E-state index in [4.69, 9.17) is 5.73 Å². The molecule has 3 heterocycles. The first-order valence-corrected chi connectivity index (χ1v) is 7.54. The number of aryl methyl sites for hydroxylation is 1. The maximum Gasteiger partial charge on any atom is 0.326 e. The van der Waals surface area contributed by atoms with Crippen LogP contribution in [-0.2, 0) is 13.6 Å². The number of benzene rings is 1. The van der Waals surface area contributed by atoms with Gasteiger partial charge in [-0.15, -0.1) is 0 Å². The molecule has 4 aromatic rings. The lowest BCUT2D eigenvalue weighted by Crippen LogP contribution is -2.17. The van der Waals surface area contributed by atoms with Crippen LogP contribution in [0.5, 0.6) is 0 Å². The van der Waals surface area contributed by atoms with Crippen LogP contribution in [-0.4, -0.2) is 24.1 Å². The second kappa shape index (κ2) is 5.38. The van der Waals surface area contributed by atoms with Gasteiger partial charge in [0.15, 0.2) is 5.82 Å². The number of nitrogens with zero attached hydrogens (tertiary/aromatic N) is 4. The lowest BCUT2D eigenvalue weighted by atomic mass is 10.2. The smallest absolute Gasteiger partial charge is 0.326 e. The molecule has 120 valence electrons. The SMILES string of the molecule is Cn1ccnc1-c1cc2c([nH]c(=O)n2Cc2ccccc2)c(N)n1. The standard InChI is InChI=1S/C17H16N6O/c1-22-8-7-19-16(22)12-9-13-14(15(18)20-12)21-17(24)23(13)10-11-5-3-2-4-6-11/h2-9H,10H2,1H3,(H2,18,20)(H,21,24). The van der Waals surface area contributed by atoms with Gasteiger partial charge in [0, 0.05) is 19.4 Å². The first kappa shape index (κ1) is 14.3. The topological polar surface area (TPSA) is 94.5 Å². The van der Waals surface area contributed by atoms with Crippen molar-refractivity contribution in [1.29, 1.82) is 0 Å². The van der Waals surface area contributed by atoms with E-state index in [1.54, 1.807) is 10.8 Å². The lowest BCUT2D eigenvalue weighted by molar-refractivity contribution is 0.787. The Morgan fingerprint density at radius 3 is 2.75 bits per heavy atom. The van der Waals surface area contributed by atoms with E-state index in [2.05, 4.69) is 15.0 Å². The summed E-state index contributed by atoms with van der Waals surface area (Å²) < 4.78 is 3.52. The van der Waals surface area contributed by atoms with Crippen molar-refractivity contribution in [1.82, 2.24) is 24.1 Å². The highest BCUT2D eigenvalue weighted by atomic mass is 16.1. The Balaban J connectivity index is 1.91. The van der Waals surface area contributed by atoms with E-state index in [0.717, 1.165) is 5.56 Å². The molecule has 0 spiro atoms. The predicted molar refractivity (Wildman–Crippen MR) is 92.5 cm³/mol. The number of nitrogens with two attached hydrogens (primary N) is 1. The van der Waals surface area contributed by atoms with Gasteiger partial charge in [0.05, 0.1) is 12.1 Å². The molecule has 1 aromatic carbocycles. The van der Waals surface area contributed by atoms with Crippen molar-refractivity contribution < 1.29 is 0 Å². The van der Waals surface area contributed by atoms with Crippen molar-refractivity contribution in [2.24, 2.45) is 7.05 Å². The number of hydrogen-bond donors (Lipinski definition) is 2. The molecule has 0 aliphatic carbocycles. The average Bonchev–Trinajstić information content (AvgIpc) is 3.13. The number of nitrogen functional groups attached to an aromatic ring is 1. The lowest BCUT2D eigenvalue weighted by Gasteiger charge is -2.07. The molecule has 0 unspecified atom stereocenters. The van der Waals surface area contributed by atoms with Crippen LogP contribution in [0.25, 0.3) is 22.6 Å². The minimum atomic E-state index is -0.209. The molecule has 7 heteroatoms. The average molecular weight is 320 g/mol. The van der Waals surface area contributed by atoms with Gasteiger partial charge in [-0.1, -0.05) is 30.3 Å². The fourth-order valence-corrected chi connectivity index (χ4v) is 2.83. The van der Waals surface area contributed by atoms with Crippen molar-refractivity contribution in [2.75, 3.05) is 5.73 Å². The molecule has 0 aliphatic rings. The summed E-state index contributed by atoms with van der Waals surface area (Å²) in [6, 6.07) is 11.7. The summed E-state index contributed by atoms with van der Waals surface area (Å²) in [5, 5.41) is 0. The van der Waals surface area contributed by atoms with Crippen LogP contribution in [0.1, 0.15) is 5.56 Å². The van der Waals surface area contributed by atoms with Gasteiger partial charge in [-0.2, -0.15) is 0 Å². The number of nitrogens with one attached hydrogen (secondary N) is 1. The molecule has 3 N–H and O–H groups in total. The Morgan fingerprint density at radius 1 is 1.25 bits per heavy atom. The zero-order valence-electron chi connectivity index (χ0n) is 13.1. The van der Waals surface area contributed by atoms with Crippen molar-refractivity contribution in [3.63, 3.8) is 0 Å². The monoisotopic (exact) mass is 320 g/mol. The molecular formula is C17H16N6O. The Kier molecular flexibility index (Phi) is 3.19. The molecule has 7 nitrogen and oxygen atoms in total. The van der Waals surface area contributed by atoms with Crippen LogP contribution in [0, 0.1) is 0 Å². The molecule has 0 atom stereocenters. The molecule has 0 radical (unpaired) electrons. The number of anilines is 1. The fourth-order valence-electron chi connectivity index (χ4n) is 2.83. The molecule has 0 aliphatic heterocycles. The Hall–Kier alpha value is -3.35. The van der Waals surface area contributed by atoms with Crippen molar-refractivity contribution in [3.8, 4) is 11.5 Å². The molecule has 0 saturated carbocycles. The number of aromatic nitrogens is 5. The summed E-state index contributed by atoms with van der Waals surface area (Å²) >= 11 is 0. The zero-order valence-corrected chi connectivity index (χ0v) is 13.1. The van der Waals surface area contributed by atoms with Crippen molar-refractivity contribution in [2.45, 2.75) is 6.54 Å². The Labute approximate surface area is 137 Å². The second-order valence-corrected chi connectivity index (χ2v) is 5.65. The highest BCUT2D eigenvalue weighted by Gasteiger charge is 2.15. The molecular weight excluding hydrogens is 304 g/mol. The third-order valence-electron chi connectivity index (χ3n) is 4.03. The van der Waals surface area contributed by atoms with Crippen molar-refractivity contribution >= 4 is 16.9 Å². The van der Waals surface area contributed by atoms with Crippen molar-refractivity contribution in [3.05, 3.63) is 64.8 Å². The first-order chi connectivity index (χ1) is 11.6. The summed E-state index contributed by atoms with van der Waals surface area (Å²) in [7, 11) is 1.89. The maximum atomic E-state index is 12.4. The van der Waals surface area contributed by atoms with E-state index < -0.39 is 0 Å². The zero-order chi connectivity index (χ0) is 16.7. The number of pyridine rings is 1. The van der Waals surface area contributed by atoms with Gasteiger partial charge in [0.1, 0.15) is 17.0 Å². The summed E-state index contributed by atoms with van der Waals surface area (Å²) in [6.07, 6.45) is 3.54. The van der Waals surface area contributed by atoms with Gasteiger partial charge in [0.2, 0.25) is 0 Å². The van der Waals surface area contributed by atoms with E-state index >= 15 is 0 Å². The van der Waals surface area contributed by atoms with Crippen LogP contribution in [0.15, 0.2) is 53.6 Å². The van der Waals surface area contributed by atoms with Crippen LogP contribution in [0.3, 0.4) is 0 Å². The van der Waals surface area contributed by atoms with Gasteiger partial charge >= 0.3 is 5.69 Å². The van der Waals surface area contributed by atoms with Crippen LogP contribution >= 0.6 is 0 Å². The van der Waals surface area contributed by atoms with E-state index in [1.165, 1.54) is 0 Å². The second-order valence-electron chi connectivity index (χ2n) is 5.65. The quantitative estimate of drug-likeness (QED) is 0.601. The summed E-state index contributed by atoms with van der Waals surface area (Å²) in [6.45, 7) is 0.461. The normalized spacial score (nSPS) is 11.2. The molecule has 3 aromatic heterocycles. The van der Waals surface area contributed by atoms with Gasteiger partial charge < -0.3 is 15.3 Å². The van der Waals surface area contributed by atoms with Crippen LogP contribution in [0.4, 0.5) is 5.82 Å². The number of fused-ring (bicyclic) bond motifs is 1. The fraction of sp³-hybridized carbons (Fsp3) is 0.118. The molecule has 0 fully saturated rings. The van der Waals surface area contributed by atoms with Gasteiger partial charge in [-0.25, -0.2) is 14.8 Å². The van der Waals surface area contributed by atoms with Gasteiger partial charge in [-0.05, 0) is 11.6 Å². The predicted octanol–water partition coefficient (Wildman–Crippen LogP) is 1.76. The Morgan fingerprint density at radius 2 is 2.04 bits per heavy atom. The molecule has 0 bridgehead atoms. The van der Waals surface area contributed by atoms with Crippen LogP contribution < -0.4 is 11.4 Å². The van der Waals surface area contributed by atoms with Gasteiger partial charge in [0.25, 0.3) is 0 Å². The molecule has 4 rings (SSSR count). The summed E-state index contributed by atoms with van der Waals surface area (Å²) in [5.41, 5.74) is 8.78. The Bertz CT molecular complexity index is 1070. The van der Waals surface area contributed by atoms with E-state index in [-0.39, 0.29) is 11.5 Å². The maximum absolute atomic E-state index is 12.4. The van der Waals surface area contributed by atoms with Crippen LogP contribution in [0.2, 0.25) is 0 Å². The van der Waals surface area contributed by atoms with Gasteiger partial charge in [-0.3, -0.25) is 4.57 Å². The first-order valence-electron chi connectivity index (χ1n) is 7.54. The minimum Gasteiger partial charge on any atom is -0.382 e. The van der Waals surface area contributed by atoms with E-state index in [9.17, 15) is 4.79 Å². The molecule has 24 heavy (non-hydrogen) atoms. The number of hydrogen-bond acceptors (Lipinski definition) is 4. The largest absolute Gasteiger partial charge is 0.382 e. The third kappa shape index (κ3) is 2.26. The summed E-state index contributed by atoms with van der Waals surface area (Å²) in [5.74, 6) is 0.984. The minimum absolute atomic E-state index is 0.209. The highest BCUT2D eigenvalue weighted by molar-refractivity contribution is 5.87. The van der Waals surface area contributed by atoms with E-state index in [0.29, 0.717) is 29.1 Å². The number of rotatable bonds is 3.